The molecule has 2 heterocycles. The summed E-state index contributed by atoms with van der Waals surface area (Å²) in [6.45, 7) is 4.76. The summed E-state index contributed by atoms with van der Waals surface area (Å²) in [5.41, 5.74) is 2.13. The SMILES string of the molecule is CCc1ccccc1Nc1nncc(N(CC)C2CCS(=O)(=O)C2)n1. The summed E-state index contributed by atoms with van der Waals surface area (Å²) >= 11 is 0. The standard InChI is InChI=1S/C17H23N5O2S/c1-3-13-7-5-6-8-15(13)19-17-20-16(11-18-21-17)22(4-2)14-9-10-25(23,24)12-14/h5-8,11,14H,3-4,9-10,12H2,1-2H3,(H,19,20,21). The van der Waals surface area contributed by atoms with Crippen LogP contribution in [0.15, 0.2) is 30.5 Å². The van der Waals surface area contributed by atoms with Crippen molar-refractivity contribution in [2.45, 2.75) is 32.7 Å². The number of nitrogens with zero attached hydrogens (tertiary/aromatic N) is 4. The van der Waals surface area contributed by atoms with Crippen LogP contribution >= 0.6 is 0 Å². The number of benzene rings is 1. The molecule has 0 aliphatic carbocycles. The minimum atomic E-state index is -2.95. The van der Waals surface area contributed by atoms with E-state index in [1.165, 1.54) is 5.56 Å². The molecule has 2 aromatic rings. The number of hydrogen-bond acceptors (Lipinski definition) is 7. The molecule has 1 aromatic carbocycles. The molecule has 25 heavy (non-hydrogen) atoms. The van der Waals surface area contributed by atoms with Gasteiger partial charge in [-0.15, -0.1) is 5.10 Å². The largest absolute Gasteiger partial charge is 0.351 e. The van der Waals surface area contributed by atoms with Crippen LogP contribution in [-0.2, 0) is 16.3 Å². The third-order valence-corrected chi connectivity index (χ3v) is 6.23. The van der Waals surface area contributed by atoms with Crippen molar-refractivity contribution >= 4 is 27.3 Å². The fourth-order valence-electron chi connectivity index (χ4n) is 3.19. The first-order chi connectivity index (χ1) is 12.0. The van der Waals surface area contributed by atoms with Gasteiger partial charge in [-0.25, -0.2) is 8.42 Å². The maximum absolute atomic E-state index is 11.8. The molecule has 0 saturated carbocycles. The van der Waals surface area contributed by atoms with Gasteiger partial charge in [0.05, 0.1) is 17.7 Å². The number of sulfone groups is 1. The predicted octanol–water partition coefficient (Wildman–Crippen LogP) is 2.19. The smallest absolute Gasteiger partial charge is 0.249 e. The Bertz CT molecular complexity index is 840. The van der Waals surface area contributed by atoms with Crippen molar-refractivity contribution in [3.63, 3.8) is 0 Å². The molecule has 0 amide bonds. The van der Waals surface area contributed by atoms with Gasteiger partial charge < -0.3 is 10.2 Å². The highest BCUT2D eigenvalue weighted by molar-refractivity contribution is 7.91. The van der Waals surface area contributed by atoms with Gasteiger partial charge in [0.25, 0.3) is 0 Å². The lowest BCUT2D eigenvalue weighted by molar-refractivity contribution is 0.599. The van der Waals surface area contributed by atoms with E-state index in [9.17, 15) is 8.42 Å². The number of hydrogen-bond donors (Lipinski definition) is 1. The summed E-state index contributed by atoms with van der Waals surface area (Å²) in [4.78, 5) is 6.55. The first-order valence-corrected chi connectivity index (χ1v) is 10.4. The van der Waals surface area contributed by atoms with E-state index in [-0.39, 0.29) is 17.5 Å². The first-order valence-electron chi connectivity index (χ1n) is 8.54. The van der Waals surface area contributed by atoms with Crippen LogP contribution in [0.3, 0.4) is 0 Å². The second-order valence-corrected chi connectivity index (χ2v) is 8.35. The summed E-state index contributed by atoms with van der Waals surface area (Å²) in [7, 11) is -2.95. The average molecular weight is 361 g/mol. The summed E-state index contributed by atoms with van der Waals surface area (Å²) in [6.07, 6.45) is 3.12. The van der Waals surface area contributed by atoms with Crippen molar-refractivity contribution in [3.8, 4) is 0 Å². The molecular formula is C17H23N5O2S. The quantitative estimate of drug-likeness (QED) is 0.844. The van der Waals surface area contributed by atoms with Crippen LogP contribution in [0.4, 0.5) is 17.5 Å². The van der Waals surface area contributed by atoms with Gasteiger partial charge in [0.15, 0.2) is 15.7 Å². The second kappa shape index (κ2) is 7.35. The number of nitrogens with one attached hydrogen (secondary N) is 1. The molecular weight excluding hydrogens is 338 g/mol. The van der Waals surface area contributed by atoms with Crippen LogP contribution in [0.5, 0.6) is 0 Å². The maximum atomic E-state index is 11.8. The van der Waals surface area contributed by atoms with Crippen molar-refractivity contribution in [2.24, 2.45) is 0 Å². The van der Waals surface area contributed by atoms with Crippen LogP contribution in [0.25, 0.3) is 0 Å². The zero-order valence-electron chi connectivity index (χ0n) is 14.5. The molecule has 7 nitrogen and oxygen atoms in total. The zero-order valence-corrected chi connectivity index (χ0v) is 15.3. The Morgan fingerprint density at radius 1 is 1.28 bits per heavy atom. The lowest BCUT2D eigenvalue weighted by Gasteiger charge is -2.27. The second-order valence-electron chi connectivity index (χ2n) is 6.12. The Labute approximate surface area is 148 Å². The van der Waals surface area contributed by atoms with Crippen molar-refractivity contribution in [1.29, 1.82) is 0 Å². The van der Waals surface area contributed by atoms with Crippen LogP contribution in [0.1, 0.15) is 25.8 Å². The molecule has 134 valence electrons. The molecule has 1 fully saturated rings. The Balaban J connectivity index is 1.83. The van der Waals surface area contributed by atoms with Gasteiger partial charge in [0, 0.05) is 18.3 Å². The normalized spacial score (nSPS) is 18.9. The molecule has 1 N–H and O–H groups in total. The Morgan fingerprint density at radius 3 is 2.76 bits per heavy atom. The molecule has 1 atom stereocenters. The van der Waals surface area contributed by atoms with Crippen molar-refractivity contribution in [2.75, 3.05) is 28.3 Å². The lowest BCUT2D eigenvalue weighted by Crippen LogP contribution is -2.37. The highest BCUT2D eigenvalue weighted by Crippen LogP contribution is 2.24. The number of anilines is 3. The van der Waals surface area contributed by atoms with Crippen LogP contribution < -0.4 is 10.2 Å². The average Bonchev–Trinajstić information content (AvgIpc) is 2.96. The van der Waals surface area contributed by atoms with Gasteiger partial charge in [0.1, 0.15) is 0 Å². The van der Waals surface area contributed by atoms with E-state index >= 15 is 0 Å². The molecule has 8 heteroatoms. The van der Waals surface area contributed by atoms with Crippen molar-refractivity contribution in [3.05, 3.63) is 36.0 Å². The minimum absolute atomic E-state index is 0.0533. The van der Waals surface area contributed by atoms with Crippen molar-refractivity contribution in [1.82, 2.24) is 15.2 Å². The van der Waals surface area contributed by atoms with Gasteiger partial charge in [-0.05, 0) is 31.4 Å². The Kier molecular flexibility index (Phi) is 5.17. The molecule has 0 spiro atoms. The topological polar surface area (TPSA) is 88.1 Å². The lowest BCUT2D eigenvalue weighted by atomic mass is 10.1. The third kappa shape index (κ3) is 4.07. The fourth-order valence-corrected chi connectivity index (χ4v) is 4.92. The molecule has 1 saturated heterocycles. The van der Waals surface area contributed by atoms with E-state index in [1.54, 1.807) is 6.20 Å². The van der Waals surface area contributed by atoms with Crippen LogP contribution in [-0.4, -0.2) is 47.7 Å². The summed E-state index contributed by atoms with van der Waals surface area (Å²) in [6, 6.07) is 7.94. The highest BCUT2D eigenvalue weighted by Gasteiger charge is 2.32. The van der Waals surface area contributed by atoms with Gasteiger partial charge in [-0.3, -0.25) is 0 Å². The molecule has 1 aromatic heterocycles. The molecule has 0 radical (unpaired) electrons. The number of aromatic nitrogens is 3. The third-order valence-electron chi connectivity index (χ3n) is 4.47. The number of para-hydroxylation sites is 1. The Morgan fingerprint density at radius 2 is 2.08 bits per heavy atom. The van der Waals surface area contributed by atoms with Gasteiger partial charge in [-0.1, -0.05) is 25.1 Å². The van der Waals surface area contributed by atoms with Gasteiger partial charge in [0.2, 0.25) is 5.95 Å². The van der Waals surface area contributed by atoms with E-state index in [0.717, 1.165) is 12.1 Å². The zero-order chi connectivity index (χ0) is 17.9. The monoisotopic (exact) mass is 361 g/mol. The molecule has 1 aliphatic heterocycles. The summed E-state index contributed by atoms with van der Waals surface area (Å²) < 4.78 is 23.6. The molecule has 1 unspecified atom stereocenters. The van der Waals surface area contributed by atoms with E-state index in [4.69, 9.17) is 0 Å². The van der Waals surface area contributed by atoms with Crippen molar-refractivity contribution < 1.29 is 8.42 Å². The Hall–Kier alpha value is -2.22. The summed E-state index contributed by atoms with van der Waals surface area (Å²) in [5.74, 6) is 1.47. The minimum Gasteiger partial charge on any atom is -0.351 e. The van der Waals surface area contributed by atoms with Crippen LogP contribution in [0, 0.1) is 0 Å². The van der Waals surface area contributed by atoms with E-state index in [0.29, 0.717) is 24.7 Å². The fraction of sp³-hybridized carbons (Fsp3) is 0.471. The highest BCUT2D eigenvalue weighted by atomic mass is 32.2. The van der Waals surface area contributed by atoms with Crippen LogP contribution in [0.2, 0.25) is 0 Å². The van der Waals surface area contributed by atoms with E-state index in [2.05, 4.69) is 33.5 Å². The first kappa shape index (κ1) is 17.6. The number of rotatable bonds is 6. The maximum Gasteiger partial charge on any atom is 0.249 e. The van der Waals surface area contributed by atoms with Gasteiger partial charge in [-0.2, -0.15) is 10.1 Å². The molecule has 1 aliphatic rings. The molecule has 3 rings (SSSR count). The molecule has 0 bridgehead atoms. The predicted molar refractivity (Wildman–Crippen MR) is 99.0 cm³/mol. The summed E-state index contributed by atoms with van der Waals surface area (Å²) in [5, 5.41) is 11.3. The van der Waals surface area contributed by atoms with Gasteiger partial charge >= 0.3 is 0 Å². The van der Waals surface area contributed by atoms with E-state index in [1.807, 2.05) is 30.0 Å². The van der Waals surface area contributed by atoms with E-state index < -0.39 is 9.84 Å². The number of aryl methyl sites for hydroxylation is 1.